The SMILES string of the molecule is CCCCCCCCCCCCC(CCCCCCCCCCCC)N[O-]. The van der Waals surface area contributed by atoms with Crippen LogP contribution in [0.2, 0.25) is 0 Å². The number of rotatable bonds is 23. The van der Waals surface area contributed by atoms with E-state index in [9.17, 15) is 5.21 Å². The van der Waals surface area contributed by atoms with Crippen LogP contribution in [0.3, 0.4) is 0 Å². The van der Waals surface area contributed by atoms with Crippen LogP contribution in [0.4, 0.5) is 0 Å². The standard InChI is InChI=1S/C25H52NO/c1-3-5-7-9-11-13-15-17-19-21-23-25(26-27)24-22-20-18-16-14-12-10-8-6-4-2/h25-26H,3-24H2,1-2H3/q-1. The summed E-state index contributed by atoms with van der Waals surface area (Å²) in [5.41, 5.74) is 2.31. The van der Waals surface area contributed by atoms with Crippen LogP contribution in [0.15, 0.2) is 0 Å². The number of hydrogen-bond donors (Lipinski definition) is 1. The molecule has 0 saturated carbocycles. The predicted octanol–water partition coefficient (Wildman–Crippen LogP) is 9.06. The zero-order valence-electron chi connectivity index (χ0n) is 19.0. The summed E-state index contributed by atoms with van der Waals surface area (Å²) in [5, 5.41) is 11.2. The first-order valence-corrected chi connectivity index (χ1v) is 12.7. The average molecular weight is 383 g/mol. The fraction of sp³-hybridized carbons (Fsp3) is 1.00. The first-order valence-electron chi connectivity index (χ1n) is 12.7. The highest BCUT2D eigenvalue weighted by atomic mass is 16.5. The van der Waals surface area contributed by atoms with Crippen molar-refractivity contribution in [2.45, 2.75) is 161 Å². The molecule has 0 aromatic heterocycles. The molecular weight excluding hydrogens is 330 g/mol. The molecule has 2 heteroatoms. The molecule has 0 atom stereocenters. The van der Waals surface area contributed by atoms with E-state index in [0.29, 0.717) is 0 Å². The highest BCUT2D eigenvalue weighted by Gasteiger charge is 2.03. The van der Waals surface area contributed by atoms with Gasteiger partial charge in [0.1, 0.15) is 0 Å². The molecule has 0 radical (unpaired) electrons. The van der Waals surface area contributed by atoms with Gasteiger partial charge in [0.15, 0.2) is 0 Å². The third kappa shape index (κ3) is 22.1. The van der Waals surface area contributed by atoms with Gasteiger partial charge < -0.3 is 10.7 Å². The summed E-state index contributed by atoms with van der Waals surface area (Å²) >= 11 is 0. The summed E-state index contributed by atoms with van der Waals surface area (Å²) in [7, 11) is 0. The van der Waals surface area contributed by atoms with Crippen molar-refractivity contribution in [3.05, 3.63) is 5.21 Å². The van der Waals surface area contributed by atoms with Crippen LogP contribution in [0.5, 0.6) is 0 Å². The van der Waals surface area contributed by atoms with E-state index in [-0.39, 0.29) is 6.04 Å². The summed E-state index contributed by atoms with van der Waals surface area (Å²) < 4.78 is 0. The van der Waals surface area contributed by atoms with Crippen molar-refractivity contribution in [3.8, 4) is 0 Å². The van der Waals surface area contributed by atoms with Crippen LogP contribution in [0, 0.1) is 5.21 Å². The summed E-state index contributed by atoms with van der Waals surface area (Å²) in [6, 6.07) is 0.216. The highest BCUT2D eigenvalue weighted by molar-refractivity contribution is 4.67. The molecule has 0 amide bonds. The van der Waals surface area contributed by atoms with E-state index in [1.54, 1.807) is 0 Å². The van der Waals surface area contributed by atoms with Crippen molar-refractivity contribution in [3.63, 3.8) is 0 Å². The molecule has 0 rings (SSSR count). The van der Waals surface area contributed by atoms with Gasteiger partial charge in [-0.2, -0.15) is 0 Å². The fourth-order valence-electron chi connectivity index (χ4n) is 4.02. The zero-order valence-corrected chi connectivity index (χ0v) is 19.0. The van der Waals surface area contributed by atoms with E-state index in [4.69, 9.17) is 0 Å². The Kier molecular flexibility index (Phi) is 23.9. The molecule has 0 saturated heterocycles. The van der Waals surface area contributed by atoms with E-state index in [1.165, 1.54) is 128 Å². The molecule has 0 aliphatic heterocycles. The molecule has 0 aromatic carbocycles. The molecule has 2 nitrogen and oxygen atoms in total. The van der Waals surface area contributed by atoms with E-state index in [0.717, 1.165) is 12.8 Å². The Hall–Kier alpha value is -0.0800. The Bertz CT molecular complexity index is 233. The molecule has 164 valence electrons. The van der Waals surface area contributed by atoms with Crippen molar-refractivity contribution in [2.24, 2.45) is 0 Å². The monoisotopic (exact) mass is 382 g/mol. The summed E-state index contributed by atoms with van der Waals surface area (Å²) in [4.78, 5) is 0. The minimum Gasteiger partial charge on any atom is -0.788 e. The van der Waals surface area contributed by atoms with Gasteiger partial charge in [0.25, 0.3) is 0 Å². The van der Waals surface area contributed by atoms with Crippen molar-refractivity contribution in [1.82, 2.24) is 5.48 Å². The summed E-state index contributed by atoms with van der Waals surface area (Å²) in [6.45, 7) is 4.56. The van der Waals surface area contributed by atoms with Crippen LogP contribution >= 0.6 is 0 Å². The van der Waals surface area contributed by atoms with Gasteiger partial charge >= 0.3 is 0 Å². The molecule has 0 spiro atoms. The van der Waals surface area contributed by atoms with Crippen molar-refractivity contribution < 1.29 is 0 Å². The lowest BCUT2D eigenvalue weighted by molar-refractivity contribution is 0.445. The van der Waals surface area contributed by atoms with Gasteiger partial charge in [-0.25, -0.2) is 0 Å². The first-order chi connectivity index (χ1) is 13.3. The van der Waals surface area contributed by atoms with Crippen molar-refractivity contribution in [1.29, 1.82) is 0 Å². The van der Waals surface area contributed by atoms with Crippen LogP contribution in [-0.2, 0) is 0 Å². The molecular formula is C25H52NO-. The molecule has 0 aliphatic rings. The Morgan fingerprint density at radius 1 is 0.444 bits per heavy atom. The van der Waals surface area contributed by atoms with Crippen LogP contribution in [0.25, 0.3) is 0 Å². The van der Waals surface area contributed by atoms with Crippen LogP contribution in [-0.4, -0.2) is 6.04 Å². The molecule has 27 heavy (non-hydrogen) atoms. The van der Waals surface area contributed by atoms with Gasteiger partial charge in [-0.05, 0) is 18.9 Å². The summed E-state index contributed by atoms with van der Waals surface area (Å²) in [5.74, 6) is 0. The van der Waals surface area contributed by atoms with Gasteiger partial charge in [-0.3, -0.25) is 0 Å². The highest BCUT2D eigenvalue weighted by Crippen LogP contribution is 2.15. The third-order valence-electron chi connectivity index (χ3n) is 5.98. The molecule has 0 unspecified atom stereocenters. The number of unbranched alkanes of at least 4 members (excludes halogenated alkanes) is 18. The predicted molar refractivity (Wildman–Crippen MR) is 123 cm³/mol. The Balaban J connectivity index is 3.28. The molecule has 0 aliphatic carbocycles. The van der Waals surface area contributed by atoms with Gasteiger partial charge in [0.2, 0.25) is 0 Å². The normalized spacial score (nSPS) is 11.6. The molecule has 0 aromatic rings. The maximum Gasteiger partial charge on any atom is -0.00510 e. The maximum atomic E-state index is 11.2. The Labute approximate surface area is 172 Å². The molecule has 0 bridgehead atoms. The third-order valence-corrected chi connectivity index (χ3v) is 5.98. The Morgan fingerprint density at radius 3 is 0.963 bits per heavy atom. The lowest BCUT2D eigenvalue weighted by atomic mass is 10.00. The van der Waals surface area contributed by atoms with Gasteiger partial charge in [-0.1, -0.05) is 142 Å². The van der Waals surface area contributed by atoms with Crippen molar-refractivity contribution in [2.75, 3.05) is 0 Å². The largest absolute Gasteiger partial charge is 0.788 e. The second kappa shape index (κ2) is 24.0. The van der Waals surface area contributed by atoms with Gasteiger partial charge in [0, 0.05) is 0 Å². The van der Waals surface area contributed by atoms with E-state index < -0.39 is 0 Å². The number of nitrogens with one attached hydrogen (secondary N) is 1. The first kappa shape index (κ1) is 26.9. The van der Waals surface area contributed by atoms with E-state index >= 15 is 0 Å². The average Bonchev–Trinajstić information content (AvgIpc) is 2.69. The fourth-order valence-corrected chi connectivity index (χ4v) is 4.02. The van der Waals surface area contributed by atoms with E-state index in [1.807, 2.05) is 0 Å². The molecule has 1 N–H and O–H groups in total. The smallest absolute Gasteiger partial charge is 0.00510 e. The Morgan fingerprint density at radius 2 is 0.704 bits per heavy atom. The second-order valence-corrected chi connectivity index (χ2v) is 8.76. The minimum atomic E-state index is 0.216. The quantitative estimate of drug-likeness (QED) is 0.141. The molecule has 0 heterocycles. The summed E-state index contributed by atoms with van der Waals surface area (Å²) in [6.07, 6.45) is 29.6. The lowest BCUT2D eigenvalue weighted by Gasteiger charge is -2.22. The van der Waals surface area contributed by atoms with Gasteiger partial charge in [-0.15, -0.1) is 0 Å². The van der Waals surface area contributed by atoms with Crippen molar-refractivity contribution >= 4 is 0 Å². The second-order valence-electron chi connectivity index (χ2n) is 8.76. The van der Waals surface area contributed by atoms with E-state index in [2.05, 4.69) is 19.3 Å². The topological polar surface area (TPSA) is 35.1 Å². The van der Waals surface area contributed by atoms with Crippen LogP contribution < -0.4 is 5.48 Å². The minimum absolute atomic E-state index is 0.216. The number of hydrogen-bond acceptors (Lipinski definition) is 2. The molecule has 0 fully saturated rings. The lowest BCUT2D eigenvalue weighted by Crippen LogP contribution is -2.23. The van der Waals surface area contributed by atoms with Gasteiger partial charge in [0.05, 0.1) is 0 Å². The van der Waals surface area contributed by atoms with Crippen LogP contribution in [0.1, 0.15) is 155 Å². The maximum absolute atomic E-state index is 11.2. The zero-order chi connectivity index (χ0) is 19.8. The number of hydroxylamine groups is 1.